The fraction of sp³-hybridized carbons (Fsp3) is 0.156. The Morgan fingerprint density at radius 3 is 1.82 bits per heavy atom. The van der Waals surface area contributed by atoms with E-state index in [9.17, 15) is 9.59 Å². The fourth-order valence-corrected chi connectivity index (χ4v) is 4.55. The van der Waals surface area contributed by atoms with Gasteiger partial charge in [-0.15, -0.1) is 0 Å². The number of pyridine rings is 1. The maximum absolute atomic E-state index is 13.8. The molecule has 0 amide bonds. The molecule has 7 heteroatoms. The Morgan fingerprint density at radius 1 is 0.718 bits per heavy atom. The van der Waals surface area contributed by atoms with Crippen molar-refractivity contribution in [3.05, 3.63) is 107 Å². The second kappa shape index (κ2) is 10.8. The summed E-state index contributed by atoms with van der Waals surface area (Å²) < 4.78 is 22.3. The molecule has 0 aliphatic carbocycles. The van der Waals surface area contributed by atoms with Gasteiger partial charge in [-0.2, -0.15) is 0 Å². The van der Waals surface area contributed by atoms with Crippen LogP contribution in [0.2, 0.25) is 0 Å². The largest absolute Gasteiger partial charge is 0.497 e. The van der Waals surface area contributed by atoms with Crippen molar-refractivity contribution in [3.8, 4) is 17.2 Å². The van der Waals surface area contributed by atoms with Crippen molar-refractivity contribution in [2.75, 3.05) is 14.2 Å². The van der Waals surface area contributed by atoms with Crippen LogP contribution in [0, 0.1) is 13.8 Å². The number of carbonyl (C=O) groups excluding carboxylic acids is 2. The van der Waals surface area contributed by atoms with Crippen molar-refractivity contribution in [2.24, 2.45) is 0 Å². The Hall–Kier alpha value is -4.91. The van der Waals surface area contributed by atoms with Crippen molar-refractivity contribution in [1.82, 2.24) is 4.98 Å². The van der Waals surface area contributed by atoms with E-state index in [1.807, 2.05) is 30.3 Å². The smallest absolute Gasteiger partial charge is 0.344 e. The van der Waals surface area contributed by atoms with Crippen LogP contribution in [0.4, 0.5) is 0 Å². The minimum absolute atomic E-state index is 0.170. The molecule has 0 bridgehead atoms. The number of methoxy groups -OCH3 is 2. The molecule has 0 saturated heterocycles. The third-order valence-corrected chi connectivity index (χ3v) is 6.49. The monoisotopic (exact) mass is 521 g/mol. The van der Waals surface area contributed by atoms with Crippen LogP contribution in [0.15, 0.2) is 78.9 Å². The summed E-state index contributed by atoms with van der Waals surface area (Å²) in [5, 5.41) is 1.19. The first-order valence-corrected chi connectivity index (χ1v) is 12.4. The van der Waals surface area contributed by atoms with Crippen molar-refractivity contribution in [2.45, 2.75) is 20.5 Å². The van der Waals surface area contributed by atoms with E-state index in [1.54, 1.807) is 76.6 Å². The Balaban J connectivity index is 1.50. The molecular weight excluding hydrogens is 494 g/mol. The summed E-state index contributed by atoms with van der Waals surface area (Å²) in [7, 11) is 3.13. The van der Waals surface area contributed by atoms with Crippen LogP contribution < -0.4 is 14.2 Å². The average Bonchev–Trinajstić information content (AvgIpc) is 2.96. The van der Waals surface area contributed by atoms with Gasteiger partial charge in [0.1, 0.15) is 23.9 Å². The van der Waals surface area contributed by atoms with Crippen LogP contribution in [-0.2, 0) is 11.3 Å². The summed E-state index contributed by atoms with van der Waals surface area (Å²) in [6.45, 7) is 3.75. The topological polar surface area (TPSA) is 84.0 Å². The number of carbonyl (C=O) groups is 2. The number of hydrogen-bond acceptors (Lipinski definition) is 7. The first kappa shape index (κ1) is 25.7. The lowest BCUT2D eigenvalue weighted by molar-refractivity contribution is 0.0472. The van der Waals surface area contributed by atoms with Crippen molar-refractivity contribution < 1.29 is 28.5 Å². The molecule has 39 heavy (non-hydrogen) atoms. The van der Waals surface area contributed by atoms with Crippen LogP contribution in [0.1, 0.15) is 37.4 Å². The number of esters is 2. The zero-order valence-corrected chi connectivity index (χ0v) is 22.1. The minimum Gasteiger partial charge on any atom is -0.497 e. The summed E-state index contributed by atoms with van der Waals surface area (Å²) in [6, 6.07) is 23.5. The Kier molecular flexibility index (Phi) is 7.14. The van der Waals surface area contributed by atoms with E-state index >= 15 is 0 Å². The molecule has 0 aliphatic heterocycles. The molecule has 7 nitrogen and oxygen atoms in total. The summed E-state index contributed by atoms with van der Waals surface area (Å²) in [5.41, 5.74) is 4.15. The van der Waals surface area contributed by atoms with E-state index in [1.165, 1.54) is 0 Å². The predicted molar refractivity (Wildman–Crippen MR) is 149 cm³/mol. The van der Waals surface area contributed by atoms with Gasteiger partial charge in [-0.1, -0.05) is 30.3 Å². The van der Waals surface area contributed by atoms with E-state index in [0.29, 0.717) is 61.3 Å². The van der Waals surface area contributed by atoms with E-state index in [4.69, 9.17) is 23.9 Å². The van der Waals surface area contributed by atoms with Gasteiger partial charge in [0.2, 0.25) is 0 Å². The molecule has 0 aliphatic rings. The standard InChI is InChI=1S/C32H27NO6/c1-19-14-22(31(34)38-18-21-8-6-5-7-9-21)15-20(2)30(19)39-32(35)29-25-16-23(36-3)10-12-27(25)33-28-13-11-24(37-4)17-26(28)29/h5-17H,18H2,1-4H3. The third-order valence-electron chi connectivity index (χ3n) is 6.49. The van der Waals surface area contributed by atoms with Crippen molar-refractivity contribution in [1.29, 1.82) is 0 Å². The summed E-state index contributed by atoms with van der Waals surface area (Å²) in [5.74, 6) is 0.550. The highest BCUT2D eigenvalue weighted by Crippen LogP contribution is 2.33. The van der Waals surface area contributed by atoms with Crippen molar-refractivity contribution >= 4 is 33.7 Å². The van der Waals surface area contributed by atoms with Crippen LogP contribution >= 0.6 is 0 Å². The number of aryl methyl sites for hydroxylation is 2. The normalized spacial score (nSPS) is 10.9. The van der Waals surface area contributed by atoms with Gasteiger partial charge >= 0.3 is 11.9 Å². The third kappa shape index (κ3) is 5.25. The number of nitrogens with zero attached hydrogens (tertiary/aromatic N) is 1. The van der Waals surface area contributed by atoms with Crippen LogP contribution in [-0.4, -0.2) is 31.1 Å². The summed E-state index contributed by atoms with van der Waals surface area (Å²) >= 11 is 0. The lowest BCUT2D eigenvalue weighted by atomic mass is 10.0. The average molecular weight is 522 g/mol. The van der Waals surface area contributed by atoms with Crippen LogP contribution in [0.25, 0.3) is 21.8 Å². The number of fused-ring (bicyclic) bond motifs is 2. The number of benzene rings is 4. The molecule has 4 aromatic carbocycles. The van der Waals surface area contributed by atoms with Crippen molar-refractivity contribution in [3.63, 3.8) is 0 Å². The molecule has 0 fully saturated rings. The molecular formula is C32H27NO6. The van der Waals surface area contributed by atoms with Gasteiger partial charge < -0.3 is 18.9 Å². The molecule has 1 heterocycles. The number of hydrogen-bond donors (Lipinski definition) is 0. The van der Waals surface area contributed by atoms with Crippen LogP contribution in [0.5, 0.6) is 17.2 Å². The molecule has 196 valence electrons. The maximum atomic E-state index is 13.8. The molecule has 1 aromatic heterocycles. The number of ether oxygens (including phenoxy) is 4. The quantitative estimate of drug-likeness (QED) is 0.136. The minimum atomic E-state index is -0.556. The Bertz CT molecular complexity index is 1630. The summed E-state index contributed by atoms with van der Waals surface area (Å²) in [6.07, 6.45) is 0. The highest BCUT2D eigenvalue weighted by atomic mass is 16.5. The zero-order valence-electron chi connectivity index (χ0n) is 22.1. The molecule has 5 rings (SSSR count). The van der Waals surface area contributed by atoms with E-state index < -0.39 is 11.9 Å². The Labute approximate surface area is 225 Å². The highest BCUT2D eigenvalue weighted by molar-refractivity contribution is 6.15. The molecule has 0 N–H and O–H groups in total. The molecule has 0 radical (unpaired) electrons. The highest BCUT2D eigenvalue weighted by Gasteiger charge is 2.22. The van der Waals surface area contributed by atoms with Gasteiger partial charge in [0.25, 0.3) is 0 Å². The fourth-order valence-electron chi connectivity index (χ4n) is 4.55. The molecule has 5 aromatic rings. The van der Waals surface area contributed by atoms with Gasteiger partial charge in [-0.05, 0) is 79.1 Å². The van der Waals surface area contributed by atoms with Gasteiger partial charge in [-0.3, -0.25) is 0 Å². The predicted octanol–water partition coefficient (Wildman–Crippen LogP) is 6.60. The molecule has 0 unspecified atom stereocenters. The second-order valence-corrected chi connectivity index (χ2v) is 9.14. The SMILES string of the molecule is COc1ccc2nc3ccc(OC)cc3c(C(=O)Oc3c(C)cc(C(=O)OCc4ccccc4)cc3C)c2c1. The Morgan fingerprint density at radius 2 is 1.28 bits per heavy atom. The van der Waals surface area contributed by atoms with E-state index in [-0.39, 0.29) is 6.61 Å². The van der Waals surface area contributed by atoms with Gasteiger partial charge in [0, 0.05) is 10.8 Å². The lowest BCUT2D eigenvalue weighted by Crippen LogP contribution is -2.13. The first-order chi connectivity index (χ1) is 18.9. The van der Waals surface area contributed by atoms with E-state index in [0.717, 1.165) is 5.56 Å². The molecule has 0 saturated carbocycles. The zero-order chi connectivity index (χ0) is 27.5. The number of aromatic nitrogens is 1. The maximum Gasteiger partial charge on any atom is 0.344 e. The van der Waals surface area contributed by atoms with Crippen LogP contribution in [0.3, 0.4) is 0 Å². The molecule has 0 spiro atoms. The first-order valence-electron chi connectivity index (χ1n) is 12.4. The van der Waals surface area contributed by atoms with Gasteiger partial charge in [-0.25, -0.2) is 14.6 Å². The van der Waals surface area contributed by atoms with E-state index in [2.05, 4.69) is 0 Å². The number of rotatable bonds is 7. The molecule has 0 atom stereocenters. The second-order valence-electron chi connectivity index (χ2n) is 9.14. The lowest BCUT2D eigenvalue weighted by Gasteiger charge is -2.15. The van der Waals surface area contributed by atoms with Gasteiger partial charge in [0.15, 0.2) is 0 Å². The van der Waals surface area contributed by atoms with Gasteiger partial charge in [0.05, 0.1) is 36.4 Å². The summed E-state index contributed by atoms with van der Waals surface area (Å²) in [4.78, 5) is 31.2.